The number of hydrogen-bond donors (Lipinski definition) is 2. The van der Waals surface area contributed by atoms with Crippen molar-refractivity contribution in [3.8, 4) is 5.75 Å². The summed E-state index contributed by atoms with van der Waals surface area (Å²) in [6.45, 7) is 5.42. The number of ether oxygens (including phenoxy) is 1. The Kier molecular flexibility index (Phi) is 4.71. The van der Waals surface area contributed by atoms with Crippen LogP contribution in [0.3, 0.4) is 0 Å². The van der Waals surface area contributed by atoms with E-state index in [2.05, 4.69) is 26.2 Å². The molecule has 0 bridgehead atoms. The maximum atomic E-state index is 12.7. The minimum Gasteiger partial charge on any atom is -0.478 e. The summed E-state index contributed by atoms with van der Waals surface area (Å²) in [4.78, 5) is 17.0. The van der Waals surface area contributed by atoms with Crippen molar-refractivity contribution in [2.75, 3.05) is 11.1 Å². The van der Waals surface area contributed by atoms with Crippen molar-refractivity contribution in [2.24, 2.45) is 0 Å². The maximum absolute atomic E-state index is 12.7. The van der Waals surface area contributed by atoms with E-state index in [1.54, 1.807) is 13.8 Å². The molecule has 0 unspecified atom stereocenters. The number of nitrogens with two attached hydrogens (primary N) is 1. The standard InChI is InChI=1S/C18H18BrN3O2S/c1-10-8-12(9-14-15(10)22-17(20)25-14)21-16(23)18(2,3)24-13-6-4-11(19)5-7-13/h4-9H,1-3H3,(H2,20,22)(H,21,23). The summed E-state index contributed by atoms with van der Waals surface area (Å²) in [6.07, 6.45) is 0. The predicted octanol–water partition coefficient (Wildman–Crippen LogP) is 4.75. The summed E-state index contributed by atoms with van der Waals surface area (Å²) < 4.78 is 7.75. The first kappa shape index (κ1) is 17.7. The molecule has 0 spiro atoms. The molecule has 7 heteroatoms. The number of nitrogen functional groups attached to an aromatic ring is 1. The fourth-order valence-electron chi connectivity index (χ4n) is 2.41. The number of thiazole rings is 1. The van der Waals surface area contributed by atoms with E-state index in [1.165, 1.54) is 11.3 Å². The number of aryl methyl sites for hydroxylation is 1. The summed E-state index contributed by atoms with van der Waals surface area (Å²) >= 11 is 4.78. The molecule has 3 rings (SSSR count). The van der Waals surface area contributed by atoms with Crippen molar-refractivity contribution in [1.29, 1.82) is 0 Å². The third-order valence-corrected chi connectivity index (χ3v) is 5.05. The maximum Gasteiger partial charge on any atom is 0.267 e. The molecular weight excluding hydrogens is 402 g/mol. The van der Waals surface area contributed by atoms with Crippen molar-refractivity contribution in [1.82, 2.24) is 4.98 Å². The van der Waals surface area contributed by atoms with Crippen molar-refractivity contribution in [2.45, 2.75) is 26.4 Å². The molecule has 0 aliphatic rings. The van der Waals surface area contributed by atoms with Gasteiger partial charge < -0.3 is 15.8 Å². The number of amides is 1. The molecule has 0 fully saturated rings. The van der Waals surface area contributed by atoms with Crippen LogP contribution in [0.4, 0.5) is 10.8 Å². The number of anilines is 2. The van der Waals surface area contributed by atoms with Crippen LogP contribution in [-0.4, -0.2) is 16.5 Å². The molecule has 3 aromatic rings. The van der Waals surface area contributed by atoms with Crippen molar-refractivity contribution >= 4 is 54.2 Å². The van der Waals surface area contributed by atoms with Crippen LogP contribution in [0.2, 0.25) is 0 Å². The first-order valence-electron chi connectivity index (χ1n) is 7.67. The Morgan fingerprint density at radius 1 is 1.28 bits per heavy atom. The minimum atomic E-state index is -1.02. The van der Waals surface area contributed by atoms with Gasteiger partial charge in [-0.15, -0.1) is 0 Å². The number of fused-ring (bicyclic) bond motifs is 1. The monoisotopic (exact) mass is 419 g/mol. The van der Waals surface area contributed by atoms with E-state index >= 15 is 0 Å². The number of halogens is 1. The van der Waals surface area contributed by atoms with Gasteiger partial charge in [-0.2, -0.15) is 0 Å². The Morgan fingerprint density at radius 3 is 2.64 bits per heavy atom. The molecule has 0 saturated heterocycles. The second kappa shape index (κ2) is 6.65. The van der Waals surface area contributed by atoms with E-state index in [0.717, 1.165) is 20.3 Å². The quantitative estimate of drug-likeness (QED) is 0.639. The second-order valence-corrected chi connectivity index (χ2v) is 8.19. The largest absolute Gasteiger partial charge is 0.478 e. The fraction of sp³-hybridized carbons (Fsp3) is 0.222. The zero-order valence-corrected chi connectivity index (χ0v) is 16.5. The van der Waals surface area contributed by atoms with Crippen LogP contribution in [0, 0.1) is 6.92 Å². The number of rotatable bonds is 4. The lowest BCUT2D eigenvalue weighted by Gasteiger charge is -2.25. The highest BCUT2D eigenvalue weighted by Gasteiger charge is 2.30. The Hall–Kier alpha value is -2.12. The first-order chi connectivity index (χ1) is 11.7. The van der Waals surface area contributed by atoms with Gasteiger partial charge in [0.05, 0.1) is 10.2 Å². The molecular formula is C18H18BrN3O2S. The van der Waals surface area contributed by atoms with Gasteiger partial charge in [-0.25, -0.2) is 4.98 Å². The number of carbonyl (C=O) groups excluding carboxylic acids is 1. The van der Waals surface area contributed by atoms with Crippen molar-refractivity contribution < 1.29 is 9.53 Å². The van der Waals surface area contributed by atoms with Crippen LogP contribution in [0.5, 0.6) is 5.75 Å². The number of hydrogen-bond acceptors (Lipinski definition) is 5. The normalized spacial score (nSPS) is 11.5. The van der Waals surface area contributed by atoms with E-state index in [-0.39, 0.29) is 5.91 Å². The molecule has 0 saturated carbocycles. The zero-order chi connectivity index (χ0) is 18.2. The van der Waals surface area contributed by atoms with Gasteiger partial charge in [-0.3, -0.25) is 4.79 Å². The van der Waals surface area contributed by atoms with E-state index in [1.807, 2.05) is 43.3 Å². The topological polar surface area (TPSA) is 77.2 Å². The Balaban J connectivity index is 1.79. The summed E-state index contributed by atoms with van der Waals surface area (Å²) in [6, 6.07) is 11.1. The lowest BCUT2D eigenvalue weighted by atomic mass is 10.1. The van der Waals surface area contributed by atoms with Gasteiger partial charge in [0, 0.05) is 10.2 Å². The van der Waals surface area contributed by atoms with Crippen molar-refractivity contribution in [3.63, 3.8) is 0 Å². The van der Waals surface area contributed by atoms with Crippen LogP contribution in [0.1, 0.15) is 19.4 Å². The predicted molar refractivity (Wildman–Crippen MR) is 106 cm³/mol. The smallest absolute Gasteiger partial charge is 0.267 e. The molecule has 130 valence electrons. The summed E-state index contributed by atoms with van der Waals surface area (Å²) in [5.41, 5.74) is 7.28. The summed E-state index contributed by atoms with van der Waals surface area (Å²) in [5.74, 6) is 0.400. The highest BCUT2D eigenvalue weighted by Crippen LogP contribution is 2.30. The summed E-state index contributed by atoms with van der Waals surface area (Å²) in [7, 11) is 0. The van der Waals surface area contributed by atoms with Gasteiger partial charge in [-0.05, 0) is 62.7 Å². The van der Waals surface area contributed by atoms with E-state index in [4.69, 9.17) is 10.5 Å². The number of aromatic nitrogens is 1. The van der Waals surface area contributed by atoms with Gasteiger partial charge in [-0.1, -0.05) is 27.3 Å². The van der Waals surface area contributed by atoms with E-state index < -0.39 is 5.60 Å². The highest BCUT2D eigenvalue weighted by atomic mass is 79.9. The molecule has 2 aromatic carbocycles. The van der Waals surface area contributed by atoms with Crippen LogP contribution in [0.25, 0.3) is 10.2 Å². The fourth-order valence-corrected chi connectivity index (χ4v) is 3.53. The van der Waals surface area contributed by atoms with E-state index in [0.29, 0.717) is 16.6 Å². The number of benzene rings is 2. The molecule has 5 nitrogen and oxygen atoms in total. The van der Waals surface area contributed by atoms with Crippen molar-refractivity contribution in [3.05, 3.63) is 46.4 Å². The van der Waals surface area contributed by atoms with Gasteiger partial charge >= 0.3 is 0 Å². The van der Waals surface area contributed by atoms with Crippen LogP contribution in [-0.2, 0) is 4.79 Å². The van der Waals surface area contributed by atoms with Gasteiger partial charge in [0.25, 0.3) is 5.91 Å². The van der Waals surface area contributed by atoms with E-state index in [9.17, 15) is 4.79 Å². The SMILES string of the molecule is Cc1cc(NC(=O)C(C)(C)Oc2ccc(Br)cc2)cc2sc(N)nc12. The Bertz CT molecular complexity index is 935. The molecule has 0 aliphatic carbocycles. The lowest BCUT2D eigenvalue weighted by Crippen LogP contribution is -2.42. The Labute approximate surface area is 158 Å². The third kappa shape index (κ3) is 3.93. The number of nitrogens with one attached hydrogen (secondary N) is 1. The van der Waals surface area contributed by atoms with Gasteiger partial charge in [0.1, 0.15) is 5.75 Å². The second-order valence-electron chi connectivity index (χ2n) is 6.21. The van der Waals surface area contributed by atoms with Crippen LogP contribution >= 0.6 is 27.3 Å². The molecule has 1 amide bonds. The average Bonchev–Trinajstić information content (AvgIpc) is 2.90. The molecule has 0 atom stereocenters. The highest BCUT2D eigenvalue weighted by molar-refractivity contribution is 9.10. The molecule has 3 N–H and O–H groups in total. The average molecular weight is 420 g/mol. The van der Waals surface area contributed by atoms with Gasteiger partial charge in [0.2, 0.25) is 0 Å². The molecule has 1 heterocycles. The third-order valence-electron chi connectivity index (χ3n) is 3.69. The minimum absolute atomic E-state index is 0.230. The first-order valence-corrected chi connectivity index (χ1v) is 9.28. The zero-order valence-electron chi connectivity index (χ0n) is 14.1. The molecule has 0 aliphatic heterocycles. The Morgan fingerprint density at radius 2 is 1.96 bits per heavy atom. The number of nitrogens with zero attached hydrogens (tertiary/aromatic N) is 1. The summed E-state index contributed by atoms with van der Waals surface area (Å²) in [5, 5.41) is 3.44. The lowest BCUT2D eigenvalue weighted by molar-refractivity contribution is -0.128. The number of carbonyl (C=O) groups is 1. The van der Waals surface area contributed by atoms with Crippen LogP contribution < -0.4 is 15.8 Å². The van der Waals surface area contributed by atoms with Gasteiger partial charge in [0.15, 0.2) is 10.7 Å². The van der Waals surface area contributed by atoms with Crippen LogP contribution in [0.15, 0.2) is 40.9 Å². The molecule has 25 heavy (non-hydrogen) atoms. The molecule has 1 aromatic heterocycles. The molecule has 0 radical (unpaired) electrons.